The number of imidazole rings is 1. The highest BCUT2D eigenvalue weighted by atomic mass is 16.5. The van der Waals surface area contributed by atoms with Crippen LogP contribution in [0.15, 0.2) is 42.7 Å². The number of carbonyl (C=O) groups excluding carboxylic acids is 1. The zero-order valence-electron chi connectivity index (χ0n) is 12.0. The van der Waals surface area contributed by atoms with Crippen LogP contribution in [0.3, 0.4) is 0 Å². The molecule has 4 heteroatoms. The summed E-state index contributed by atoms with van der Waals surface area (Å²) in [6.07, 6.45) is 6.44. The molecule has 0 radical (unpaired) electrons. The van der Waals surface area contributed by atoms with E-state index in [0.717, 1.165) is 25.1 Å². The second-order valence-corrected chi connectivity index (χ2v) is 4.79. The summed E-state index contributed by atoms with van der Waals surface area (Å²) in [4.78, 5) is 15.9. The molecule has 1 atom stereocenters. The maximum atomic E-state index is 11.6. The molecule has 1 unspecified atom stereocenters. The first-order valence-corrected chi connectivity index (χ1v) is 6.86. The molecule has 0 spiro atoms. The third kappa shape index (κ3) is 3.47. The molecule has 0 aliphatic heterocycles. The molecule has 0 bridgehead atoms. The van der Waals surface area contributed by atoms with Gasteiger partial charge in [0.25, 0.3) is 0 Å². The molecule has 2 rings (SSSR count). The van der Waals surface area contributed by atoms with Gasteiger partial charge in [-0.3, -0.25) is 0 Å². The van der Waals surface area contributed by atoms with Gasteiger partial charge < -0.3 is 9.30 Å². The molecule has 106 valence electrons. The molecule has 0 saturated carbocycles. The quantitative estimate of drug-likeness (QED) is 0.759. The van der Waals surface area contributed by atoms with Crippen molar-refractivity contribution in [2.24, 2.45) is 0 Å². The summed E-state index contributed by atoms with van der Waals surface area (Å²) in [5.74, 6) is 0.686. The summed E-state index contributed by atoms with van der Waals surface area (Å²) in [5.41, 5.74) is 1.33. The summed E-state index contributed by atoms with van der Waals surface area (Å²) in [5, 5.41) is 0. The van der Waals surface area contributed by atoms with Crippen LogP contribution in [0.4, 0.5) is 0 Å². The zero-order chi connectivity index (χ0) is 14.4. The lowest BCUT2D eigenvalue weighted by Gasteiger charge is -2.14. The van der Waals surface area contributed by atoms with E-state index in [-0.39, 0.29) is 12.0 Å². The summed E-state index contributed by atoms with van der Waals surface area (Å²) >= 11 is 0. The van der Waals surface area contributed by atoms with Crippen molar-refractivity contribution in [3.8, 4) is 0 Å². The van der Waals surface area contributed by atoms with Crippen LogP contribution in [-0.2, 0) is 22.4 Å². The molecule has 0 N–H and O–H groups in total. The van der Waals surface area contributed by atoms with E-state index in [4.69, 9.17) is 4.74 Å². The normalized spacial score (nSPS) is 12.1. The fourth-order valence-corrected chi connectivity index (χ4v) is 2.27. The number of ether oxygens (including phenoxy) is 1. The highest BCUT2D eigenvalue weighted by molar-refractivity contribution is 5.73. The number of hydrogen-bond acceptors (Lipinski definition) is 3. The molecule has 2 aromatic rings. The fourth-order valence-electron chi connectivity index (χ4n) is 2.27. The maximum absolute atomic E-state index is 11.6. The third-order valence-corrected chi connectivity index (χ3v) is 3.42. The molecule has 4 nitrogen and oxygen atoms in total. The van der Waals surface area contributed by atoms with Crippen molar-refractivity contribution in [1.82, 2.24) is 9.55 Å². The first-order chi connectivity index (χ1) is 9.72. The Morgan fingerprint density at radius 3 is 2.75 bits per heavy atom. The van der Waals surface area contributed by atoms with E-state index in [0.29, 0.717) is 0 Å². The molecular weight excluding hydrogens is 252 g/mol. The molecule has 0 aliphatic carbocycles. The Bertz CT molecular complexity index is 549. The van der Waals surface area contributed by atoms with Crippen molar-refractivity contribution < 1.29 is 9.53 Å². The second kappa shape index (κ2) is 6.89. The molecule has 1 aromatic heterocycles. The number of hydrogen-bond donors (Lipinski definition) is 0. The van der Waals surface area contributed by atoms with Crippen LogP contribution in [-0.4, -0.2) is 22.6 Å². The number of methoxy groups -OCH3 is 1. The SMILES string of the molecule is COC(=O)C(C)n1ccnc1CCCc1ccccc1. The van der Waals surface area contributed by atoms with Crippen LogP contribution >= 0.6 is 0 Å². The average Bonchev–Trinajstić information content (AvgIpc) is 2.95. The molecule has 0 aliphatic rings. The van der Waals surface area contributed by atoms with Gasteiger partial charge in [-0.1, -0.05) is 30.3 Å². The van der Waals surface area contributed by atoms with Gasteiger partial charge in [-0.25, -0.2) is 9.78 Å². The van der Waals surface area contributed by atoms with Gasteiger partial charge in [-0.2, -0.15) is 0 Å². The Kier molecular flexibility index (Phi) is 4.93. The van der Waals surface area contributed by atoms with Crippen molar-refractivity contribution in [3.05, 3.63) is 54.1 Å². The number of benzene rings is 1. The number of aryl methyl sites for hydroxylation is 2. The smallest absolute Gasteiger partial charge is 0.328 e. The highest BCUT2D eigenvalue weighted by Crippen LogP contribution is 2.13. The van der Waals surface area contributed by atoms with Crippen LogP contribution in [0.25, 0.3) is 0 Å². The number of esters is 1. The summed E-state index contributed by atoms with van der Waals surface area (Å²) < 4.78 is 6.66. The van der Waals surface area contributed by atoms with Gasteiger partial charge in [-0.15, -0.1) is 0 Å². The van der Waals surface area contributed by atoms with Crippen molar-refractivity contribution >= 4 is 5.97 Å². The summed E-state index contributed by atoms with van der Waals surface area (Å²) in [6.45, 7) is 1.83. The van der Waals surface area contributed by atoms with Crippen LogP contribution < -0.4 is 0 Å². The van der Waals surface area contributed by atoms with Gasteiger partial charge in [0.15, 0.2) is 0 Å². The van der Waals surface area contributed by atoms with E-state index in [9.17, 15) is 4.79 Å². The van der Waals surface area contributed by atoms with E-state index in [1.165, 1.54) is 12.7 Å². The van der Waals surface area contributed by atoms with Gasteiger partial charge in [0.2, 0.25) is 0 Å². The largest absolute Gasteiger partial charge is 0.467 e. The molecule has 0 fully saturated rings. The van der Waals surface area contributed by atoms with Gasteiger partial charge in [0.1, 0.15) is 11.9 Å². The predicted molar refractivity (Wildman–Crippen MR) is 77.4 cm³/mol. The lowest BCUT2D eigenvalue weighted by Crippen LogP contribution is -2.19. The van der Waals surface area contributed by atoms with E-state index in [1.54, 1.807) is 6.20 Å². The molecule has 20 heavy (non-hydrogen) atoms. The minimum atomic E-state index is -0.325. The Hall–Kier alpha value is -2.10. The topological polar surface area (TPSA) is 44.1 Å². The zero-order valence-corrected chi connectivity index (χ0v) is 12.0. The Morgan fingerprint density at radius 1 is 1.30 bits per heavy atom. The van der Waals surface area contributed by atoms with E-state index >= 15 is 0 Å². The average molecular weight is 272 g/mol. The van der Waals surface area contributed by atoms with Crippen LogP contribution in [0.2, 0.25) is 0 Å². The number of carbonyl (C=O) groups is 1. The molecule has 1 heterocycles. The summed E-state index contributed by atoms with van der Waals surface area (Å²) in [6, 6.07) is 10.1. The summed E-state index contributed by atoms with van der Waals surface area (Å²) in [7, 11) is 1.41. The maximum Gasteiger partial charge on any atom is 0.328 e. The fraction of sp³-hybridized carbons (Fsp3) is 0.375. The molecule has 0 amide bonds. The van der Waals surface area contributed by atoms with Gasteiger partial charge in [0.05, 0.1) is 7.11 Å². The van der Waals surface area contributed by atoms with Crippen molar-refractivity contribution in [3.63, 3.8) is 0 Å². The van der Waals surface area contributed by atoms with Gasteiger partial charge in [-0.05, 0) is 25.3 Å². The first-order valence-electron chi connectivity index (χ1n) is 6.86. The predicted octanol–water partition coefficient (Wildman–Crippen LogP) is 2.79. The van der Waals surface area contributed by atoms with E-state index < -0.39 is 0 Å². The number of aromatic nitrogens is 2. The number of nitrogens with zero attached hydrogens (tertiary/aromatic N) is 2. The Balaban J connectivity index is 1.94. The minimum absolute atomic E-state index is 0.243. The highest BCUT2D eigenvalue weighted by Gasteiger charge is 2.17. The minimum Gasteiger partial charge on any atom is -0.467 e. The molecule has 1 aromatic carbocycles. The standard InChI is InChI=1S/C16H20N2O2/c1-13(16(19)20-2)18-12-11-17-15(18)10-6-9-14-7-4-3-5-8-14/h3-5,7-8,11-13H,6,9-10H2,1-2H3. The lowest BCUT2D eigenvalue weighted by atomic mass is 10.1. The Labute approximate surface area is 119 Å². The van der Waals surface area contributed by atoms with Crippen molar-refractivity contribution in [2.75, 3.05) is 7.11 Å². The van der Waals surface area contributed by atoms with Crippen molar-refractivity contribution in [2.45, 2.75) is 32.2 Å². The Morgan fingerprint density at radius 2 is 2.05 bits per heavy atom. The van der Waals surface area contributed by atoms with Gasteiger partial charge >= 0.3 is 5.97 Å². The molecule has 0 saturated heterocycles. The van der Waals surface area contributed by atoms with Crippen molar-refractivity contribution in [1.29, 1.82) is 0 Å². The molecular formula is C16H20N2O2. The van der Waals surface area contributed by atoms with Crippen LogP contribution in [0.1, 0.15) is 30.8 Å². The monoisotopic (exact) mass is 272 g/mol. The first kappa shape index (κ1) is 14.3. The van der Waals surface area contributed by atoms with E-state index in [2.05, 4.69) is 29.2 Å². The third-order valence-electron chi connectivity index (χ3n) is 3.42. The second-order valence-electron chi connectivity index (χ2n) is 4.79. The van der Waals surface area contributed by atoms with Crippen LogP contribution in [0, 0.1) is 0 Å². The van der Waals surface area contributed by atoms with Crippen LogP contribution in [0.5, 0.6) is 0 Å². The van der Waals surface area contributed by atoms with E-state index in [1.807, 2.05) is 23.8 Å². The lowest BCUT2D eigenvalue weighted by molar-refractivity contribution is -0.144. The van der Waals surface area contributed by atoms with Gasteiger partial charge in [0, 0.05) is 18.8 Å². The number of rotatable bonds is 6.